The van der Waals surface area contributed by atoms with Crippen LogP contribution < -0.4 is 10.9 Å². The zero-order valence-corrected chi connectivity index (χ0v) is 15.0. The summed E-state index contributed by atoms with van der Waals surface area (Å²) >= 11 is 0. The van der Waals surface area contributed by atoms with E-state index in [9.17, 15) is 9.18 Å². The van der Waals surface area contributed by atoms with Crippen molar-refractivity contribution in [3.05, 3.63) is 93.2 Å². The van der Waals surface area contributed by atoms with Gasteiger partial charge in [0.1, 0.15) is 17.5 Å². The van der Waals surface area contributed by atoms with Crippen LogP contribution >= 0.6 is 0 Å². The highest BCUT2D eigenvalue weighted by Crippen LogP contribution is 2.38. The maximum absolute atomic E-state index is 14.0. The molecule has 3 heterocycles. The molecule has 29 heavy (non-hydrogen) atoms. The van der Waals surface area contributed by atoms with E-state index in [2.05, 4.69) is 31.0 Å². The van der Waals surface area contributed by atoms with E-state index in [4.69, 9.17) is 0 Å². The van der Waals surface area contributed by atoms with Crippen molar-refractivity contribution < 1.29 is 4.39 Å². The van der Waals surface area contributed by atoms with Crippen LogP contribution in [0.2, 0.25) is 0 Å². The minimum atomic E-state index is -0.614. The molecule has 4 aromatic rings. The molecule has 0 saturated carbocycles. The summed E-state index contributed by atoms with van der Waals surface area (Å²) in [5.74, 6) is -0.0992. The van der Waals surface area contributed by atoms with E-state index >= 15 is 0 Å². The molecule has 0 radical (unpaired) electrons. The molecule has 0 unspecified atom stereocenters. The Morgan fingerprint density at radius 3 is 2.76 bits per heavy atom. The lowest BCUT2D eigenvalue weighted by Gasteiger charge is -2.27. The van der Waals surface area contributed by atoms with Gasteiger partial charge >= 0.3 is 0 Å². The van der Waals surface area contributed by atoms with Crippen molar-refractivity contribution in [3.63, 3.8) is 0 Å². The van der Waals surface area contributed by atoms with Gasteiger partial charge in [-0.2, -0.15) is 9.78 Å². The summed E-state index contributed by atoms with van der Waals surface area (Å²) < 4.78 is 15.5. The van der Waals surface area contributed by atoms with E-state index in [-0.39, 0.29) is 5.69 Å². The van der Waals surface area contributed by atoms with Gasteiger partial charge in [-0.15, -0.1) is 0 Å². The van der Waals surface area contributed by atoms with Crippen LogP contribution in [0.4, 0.5) is 16.0 Å². The number of aromatic nitrogens is 6. The first-order valence-electron chi connectivity index (χ1n) is 8.87. The zero-order chi connectivity index (χ0) is 19.8. The molecule has 2 aromatic heterocycles. The Morgan fingerprint density at radius 2 is 1.93 bits per heavy atom. The molecule has 8 nitrogen and oxygen atoms in total. The number of H-pyrrole nitrogens is 1. The molecular weight excluding hydrogens is 373 g/mol. The van der Waals surface area contributed by atoms with E-state index in [1.165, 1.54) is 16.8 Å². The Labute approximate surface area is 163 Å². The van der Waals surface area contributed by atoms with Gasteiger partial charge in [-0.25, -0.2) is 9.49 Å². The lowest BCUT2D eigenvalue weighted by Crippen LogP contribution is -2.29. The summed E-state index contributed by atoms with van der Waals surface area (Å²) in [6.45, 7) is 0. The fourth-order valence-corrected chi connectivity index (χ4v) is 3.41. The average Bonchev–Trinajstić information content (AvgIpc) is 3.21. The van der Waals surface area contributed by atoms with Gasteiger partial charge in [-0.05, 0) is 39.8 Å². The largest absolute Gasteiger partial charge is 0.318 e. The summed E-state index contributed by atoms with van der Waals surface area (Å²) in [7, 11) is 0. The number of hydrogen-bond donors (Lipinski definition) is 2. The second-order valence-corrected chi connectivity index (χ2v) is 6.50. The van der Waals surface area contributed by atoms with Crippen molar-refractivity contribution in [2.45, 2.75) is 6.04 Å². The first kappa shape index (κ1) is 17.0. The number of halogens is 1. The lowest BCUT2D eigenvalue weighted by molar-refractivity contribution is 0.558. The zero-order valence-electron chi connectivity index (χ0n) is 15.0. The SMILES string of the molecule is O=c1[nH]nc(/C=C/c2ccccc2)c2c1Nc1nnnn1[C@H]2c1cccc(F)c1. The van der Waals surface area contributed by atoms with E-state index in [1.807, 2.05) is 36.4 Å². The molecule has 1 aliphatic rings. The lowest BCUT2D eigenvalue weighted by atomic mass is 9.94. The van der Waals surface area contributed by atoms with Crippen molar-refractivity contribution >= 4 is 23.8 Å². The Kier molecular flexibility index (Phi) is 3.98. The molecular formula is C20H14FN7O. The molecule has 0 fully saturated rings. The smallest absolute Gasteiger partial charge is 0.288 e. The molecule has 0 saturated heterocycles. The third-order valence-electron chi connectivity index (χ3n) is 4.70. The minimum Gasteiger partial charge on any atom is -0.318 e. The summed E-state index contributed by atoms with van der Waals surface area (Å²) in [4.78, 5) is 12.5. The topological polar surface area (TPSA) is 101 Å². The second kappa shape index (κ2) is 6.79. The molecule has 0 amide bonds. The quantitative estimate of drug-likeness (QED) is 0.494. The maximum atomic E-state index is 14.0. The third-order valence-corrected chi connectivity index (χ3v) is 4.70. The molecule has 5 rings (SSSR count). The minimum absolute atomic E-state index is 0.282. The number of benzene rings is 2. The second-order valence-electron chi connectivity index (χ2n) is 6.50. The monoisotopic (exact) mass is 387 g/mol. The van der Waals surface area contributed by atoms with Crippen LogP contribution in [0.1, 0.15) is 28.4 Å². The third kappa shape index (κ3) is 2.98. The van der Waals surface area contributed by atoms with Gasteiger partial charge in [0, 0.05) is 5.56 Å². The van der Waals surface area contributed by atoms with Crippen LogP contribution in [0.15, 0.2) is 59.4 Å². The van der Waals surface area contributed by atoms with Crippen LogP contribution in [0.25, 0.3) is 12.2 Å². The number of tetrazole rings is 1. The molecule has 0 aliphatic carbocycles. The Morgan fingerprint density at radius 1 is 1.07 bits per heavy atom. The van der Waals surface area contributed by atoms with Crippen LogP contribution in [-0.2, 0) is 0 Å². The molecule has 1 atom stereocenters. The van der Waals surface area contributed by atoms with Crippen molar-refractivity contribution in [2.24, 2.45) is 0 Å². The molecule has 2 N–H and O–H groups in total. The van der Waals surface area contributed by atoms with Crippen molar-refractivity contribution in [1.82, 2.24) is 30.4 Å². The van der Waals surface area contributed by atoms with Gasteiger partial charge in [0.05, 0.1) is 5.69 Å². The Hall–Kier alpha value is -4.14. The van der Waals surface area contributed by atoms with E-state index in [1.54, 1.807) is 18.2 Å². The maximum Gasteiger partial charge on any atom is 0.288 e. The number of fused-ring (bicyclic) bond motifs is 2. The first-order chi connectivity index (χ1) is 14.2. The Balaban J connectivity index is 1.72. The summed E-state index contributed by atoms with van der Waals surface area (Å²) in [5, 5.41) is 21.3. The number of aromatic amines is 1. The predicted octanol–water partition coefficient (Wildman–Crippen LogP) is 2.76. The fraction of sp³-hybridized carbons (Fsp3) is 0.0500. The van der Waals surface area contributed by atoms with Gasteiger partial charge < -0.3 is 5.32 Å². The summed E-state index contributed by atoms with van der Waals surface area (Å²) in [6, 6.07) is 15.2. The number of nitrogens with zero attached hydrogens (tertiary/aromatic N) is 5. The number of rotatable bonds is 3. The fourth-order valence-electron chi connectivity index (χ4n) is 3.41. The molecule has 1 aliphatic heterocycles. The van der Waals surface area contributed by atoms with Crippen LogP contribution in [0.5, 0.6) is 0 Å². The van der Waals surface area contributed by atoms with Crippen LogP contribution in [0.3, 0.4) is 0 Å². The van der Waals surface area contributed by atoms with E-state index < -0.39 is 17.4 Å². The number of anilines is 2. The van der Waals surface area contributed by atoms with Crippen molar-refractivity contribution in [1.29, 1.82) is 0 Å². The van der Waals surface area contributed by atoms with Crippen LogP contribution in [0, 0.1) is 5.82 Å². The number of nitrogens with one attached hydrogen (secondary N) is 2. The first-order valence-corrected chi connectivity index (χ1v) is 8.87. The Bertz CT molecular complexity index is 1280. The van der Waals surface area contributed by atoms with E-state index in [0.29, 0.717) is 22.8 Å². The average molecular weight is 387 g/mol. The highest BCUT2D eigenvalue weighted by molar-refractivity contribution is 5.75. The molecule has 9 heteroatoms. The normalized spacial score (nSPS) is 15.0. The highest BCUT2D eigenvalue weighted by atomic mass is 19.1. The van der Waals surface area contributed by atoms with Crippen molar-refractivity contribution in [2.75, 3.05) is 5.32 Å². The molecule has 142 valence electrons. The molecule has 2 aromatic carbocycles. The van der Waals surface area contributed by atoms with Crippen LogP contribution in [-0.4, -0.2) is 30.4 Å². The molecule has 0 bridgehead atoms. The van der Waals surface area contributed by atoms with E-state index in [0.717, 1.165) is 5.56 Å². The summed E-state index contributed by atoms with van der Waals surface area (Å²) in [5.41, 5.74) is 2.53. The van der Waals surface area contributed by atoms with Crippen molar-refractivity contribution in [3.8, 4) is 0 Å². The highest BCUT2D eigenvalue weighted by Gasteiger charge is 2.33. The van der Waals surface area contributed by atoms with Gasteiger partial charge in [0.2, 0.25) is 5.95 Å². The van der Waals surface area contributed by atoms with Gasteiger partial charge in [-0.1, -0.05) is 53.6 Å². The van der Waals surface area contributed by atoms with Gasteiger partial charge in [-0.3, -0.25) is 4.79 Å². The summed E-state index contributed by atoms with van der Waals surface area (Å²) in [6.07, 6.45) is 3.69. The predicted molar refractivity (Wildman–Crippen MR) is 105 cm³/mol. The number of hydrogen-bond acceptors (Lipinski definition) is 6. The standard InChI is InChI=1S/C20H14FN7O/c21-14-8-4-7-13(11-14)18-16-15(10-9-12-5-2-1-3-6-12)23-24-19(29)17(16)22-20-25-26-27-28(18)20/h1-11,18H,(H,24,29)(H,22,25,27)/b10-9+/t18-/m0/s1. The van der Waals surface area contributed by atoms with Gasteiger partial charge in [0.25, 0.3) is 5.56 Å². The van der Waals surface area contributed by atoms with Gasteiger partial charge in [0.15, 0.2) is 0 Å². The molecule has 0 spiro atoms.